The molecule has 0 amide bonds. The van der Waals surface area contributed by atoms with E-state index in [-0.39, 0.29) is 0 Å². The number of aliphatic hydroxyl groups is 1. The van der Waals surface area contributed by atoms with E-state index in [2.05, 4.69) is 0 Å². The van der Waals surface area contributed by atoms with Gasteiger partial charge in [-0.15, -0.1) is 0 Å². The van der Waals surface area contributed by atoms with Crippen LogP contribution in [-0.4, -0.2) is 47.2 Å². The maximum atomic E-state index is 12.8. The molecule has 0 aliphatic rings. The van der Waals surface area contributed by atoms with Crippen LogP contribution in [0.1, 0.15) is 6.92 Å². The monoisotopic (exact) mass is 346 g/mol. The Morgan fingerprint density at radius 2 is 0.857 bits per heavy atom. The molecule has 1 nitrogen and oxygen atoms in total. The fourth-order valence-electron chi connectivity index (χ4n) is 0.999. The van der Waals surface area contributed by atoms with Crippen molar-refractivity contribution in [3.05, 3.63) is 0 Å². The Labute approximate surface area is 108 Å². The highest BCUT2D eigenvalue weighted by atomic mass is 19.4. The predicted octanol–water partition coefficient (Wildman–Crippen LogP) is 3.81. The van der Waals surface area contributed by atoms with E-state index in [0.29, 0.717) is 0 Å². The van der Waals surface area contributed by atoms with Crippen molar-refractivity contribution in [2.45, 2.75) is 42.5 Å². The number of halogens is 12. The van der Waals surface area contributed by atoms with Gasteiger partial charge in [-0.3, -0.25) is 0 Å². The number of hydrogen-bond donors (Lipinski definition) is 1. The lowest BCUT2D eigenvalue weighted by molar-refractivity contribution is -0.424. The summed E-state index contributed by atoms with van der Waals surface area (Å²) in [7, 11) is 0. The molecule has 0 aromatic heterocycles. The fourth-order valence-corrected chi connectivity index (χ4v) is 0.999. The summed E-state index contributed by atoms with van der Waals surface area (Å²) in [5.74, 6) is -41.6. The van der Waals surface area contributed by atoms with Crippen molar-refractivity contribution in [3.63, 3.8) is 0 Å². The van der Waals surface area contributed by atoms with E-state index in [9.17, 15) is 52.7 Å². The zero-order chi connectivity index (χ0) is 17.7. The molecule has 0 atom stereocenters. The van der Waals surface area contributed by atoms with Crippen LogP contribution in [-0.2, 0) is 0 Å². The largest absolute Gasteiger partial charge is 0.390 e. The van der Waals surface area contributed by atoms with Crippen molar-refractivity contribution in [2.75, 3.05) is 6.61 Å². The highest BCUT2D eigenvalue weighted by Crippen LogP contribution is 2.59. The molecule has 21 heavy (non-hydrogen) atoms. The van der Waals surface area contributed by atoms with Crippen molar-refractivity contribution < 1.29 is 57.8 Å². The Bertz CT molecular complexity index is 381. The Hall–Kier alpha value is -0.880. The van der Waals surface area contributed by atoms with Crippen molar-refractivity contribution in [2.24, 2.45) is 0 Å². The first-order chi connectivity index (χ1) is 8.81. The standard InChI is InChI=1S/C8H6F12O/c1-3(9,10)5(13,14)7(17,18)8(19,20)6(15,16)4(11,12)2-21/h21H,2H2,1H3. The summed E-state index contributed by atoms with van der Waals surface area (Å²) < 4.78 is 151. The summed E-state index contributed by atoms with van der Waals surface area (Å²) in [6.45, 7) is -4.10. The van der Waals surface area contributed by atoms with Crippen LogP contribution in [0, 0.1) is 0 Å². The van der Waals surface area contributed by atoms with Crippen LogP contribution in [0.4, 0.5) is 52.7 Å². The minimum atomic E-state index is -7.59. The summed E-state index contributed by atoms with van der Waals surface area (Å²) >= 11 is 0. The minimum Gasteiger partial charge on any atom is -0.390 e. The quantitative estimate of drug-likeness (QED) is 0.726. The average molecular weight is 346 g/mol. The predicted molar refractivity (Wildman–Crippen MR) is 42.4 cm³/mol. The smallest absolute Gasteiger partial charge is 0.384 e. The van der Waals surface area contributed by atoms with E-state index in [1.165, 1.54) is 0 Å². The average Bonchev–Trinajstić information content (AvgIpc) is 2.26. The number of alkyl halides is 12. The topological polar surface area (TPSA) is 20.2 Å². The van der Waals surface area contributed by atoms with Crippen molar-refractivity contribution in [1.82, 2.24) is 0 Å². The van der Waals surface area contributed by atoms with Crippen molar-refractivity contribution >= 4 is 0 Å². The van der Waals surface area contributed by atoms with E-state index in [0.717, 1.165) is 0 Å². The van der Waals surface area contributed by atoms with Crippen molar-refractivity contribution in [1.29, 1.82) is 0 Å². The zero-order valence-electron chi connectivity index (χ0n) is 9.69. The molecular weight excluding hydrogens is 340 g/mol. The van der Waals surface area contributed by atoms with Crippen LogP contribution >= 0.6 is 0 Å². The maximum Gasteiger partial charge on any atom is 0.384 e. The normalized spacial score (nSPS) is 16.3. The van der Waals surface area contributed by atoms with Crippen LogP contribution in [0.5, 0.6) is 0 Å². The molecule has 0 aromatic rings. The third kappa shape index (κ3) is 2.52. The van der Waals surface area contributed by atoms with Gasteiger partial charge in [-0.2, -0.15) is 52.7 Å². The van der Waals surface area contributed by atoms with Gasteiger partial charge in [0.05, 0.1) is 0 Å². The van der Waals surface area contributed by atoms with Gasteiger partial charge >= 0.3 is 35.5 Å². The second kappa shape index (κ2) is 4.81. The first-order valence-corrected chi connectivity index (χ1v) is 4.69. The Kier molecular flexibility index (Phi) is 4.61. The number of rotatable bonds is 6. The van der Waals surface area contributed by atoms with Gasteiger partial charge in [0.2, 0.25) is 0 Å². The Balaban J connectivity index is 6.14. The van der Waals surface area contributed by atoms with Gasteiger partial charge < -0.3 is 5.11 Å². The minimum absolute atomic E-state index is 0.987. The zero-order valence-corrected chi connectivity index (χ0v) is 9.69. The molecule has 0 radical (unpaired) electrons. The van der Waals surface area contributed by atoms with E-state index in [1.807, 2.05) is 0 Å². The highest BCUT2D eigenvalue weighted by Gasteiger charge is 2.89. The molecule has 0 heterocycles. The van der Waals surface area contributed by atoms with Crippen LogP contribution in [0.15, 0.2) is 0 Å². The second-order valence-corrected chi connectivity index (χ2v) is 4.05. The van der Waals surface area contributed by atoms with E-state index < -0.39 is 49.1 Å². The van der Waals surface area contributed by atoms with Gasteiger partial charge in [0, 0.05) is 6.92 Å². The summed E-state index contributed by atoms with van der Waals surface area (Å²) in [4.78, 5) is 0. The molecule has 0 unspecified atom stereocenters. The lowest BCUT2D eigenvalue weighted by Crippen LogP contribution is -2.70. The maximum absolute atomic E-state index is 12.8. The molecule has 128 valence electrons. The summed E-state index contributed by atoms with van der Waals surface area (Å²) in [6.07, 6.45) is 0. The molecule has 1 N–H and O–H groups in total. The van der Waals surface area contributed by atoms with Crippen LogP contribution in [0.3, 0.4) is 0 Å². The SMILES string of the molecule is CC(F)(F)C(F)(F)C(F)(F)C(F)(F)C(F)(F)C(F)(F)CO. The van der Waals surface area contributed by atoms with Gasteiger partial charge in [0.25, 0.3) is 0 Å². The van der Waals surface area contributed by atoms with Gasteiger partial charge in [-0.25, -0.2) is 0 Å². The number of hydrogen-bond acceptors (Lipinski definition) is 1. The highest BCUT2D eigenvalue weighted by molar-refractivity contribution is 5.10. The molecule has 0 fully saturated rings. The van der Waals surface area contributed by atoms with Gasteiger partial charge in [-0.05, 0) is 0 Å². The summed E-state index contributed by atoms with van der Waals surface area (Å²) in [6, 6.07) is 0. The molecule has 13 heteroatoms. The third-order valence-electron chi connectivity index (χ3n) is 2.39. The molecule has 0 aliphatic carbocycles. The summed E-state index contributed by atoms with van der Waals surface area (Å²) in [5.41, 5.74) is 0. The van der Waals surface area contributed by atoms with E-state index in [1.54, 1.807) is 0 Å². The fraction of sp³-hybridized carbons (Fsp3) is 1.00. The lowest BCUT2D eigenvalue weighted by atomic mass is 9.92. The van der Waals surface area contributed by atoms with Gasteiger partial charge in [0.1, 0.15) is 6.61 Å². The molecule has 0 saturated heterocycles. The first kappa shape index (κ1) is 20.1. The van der Waals surface area contributed by atoms with Crippen LogP contribution in [0.2, 0.25) is 0 Å². The van der Waals surface area contributed by atoms with Crippen molar-refractivity contribution in [3.8, 4) is 0 Å². The molecular formula is C8H6F12O. The first-order valence-electron chi connectivity index (χ1n) is 4.69. The van der Waals surface area contributed by atoms with Gasteiger partial charge in [0.15, 0.2) is 0 Å². The number of aliphatic hydroxyl groups excluding tert-OH is 1. The second-order valence-electron chi connectivity index (χ2n) is 4.05. The van der Waals surface area contributed by atoms with Crippen LogP contribution in [0.25, 0.3) is 0 Å². The molecule has 0 saturated carbocycles. The summed E-state index contributed by atoms with van der Waals surface area (Å²) in [5, 5.41) is 7.78. The Morgan fingerprint density at radius 1 is 0.571 bits per heavy atom. The third-order valence-corrected chi connectivity index (χ3v) is 2.39. The van der Waals surface area contributed by atoms with E-state index >= 15 is 0 Å². The lowest BCUT2D eigenvalue weighted by Gasteiger charge is -2.40. The molecule has 0 bridgehead atoms. The van der Waals surface area contributed by atoms with E-state index in [4.69, 9.17) is 5.11 Å². The molecule has 0 spiro atoms. The molecule has 0 rings (SSSR count). The molecule has 0 aromatic carbocycles. The molecule has 0 aliphatic heterocycles. The van der Waals surface area contributed by atoms with Gasteiger partial charge in [-0.1, -0.05) is 0 Å². The van der Waals surface area contributed by atoms with Crippen LogP contribution < -0.4 is 0 Å². The Morgan fingerprint density at radius 3 is 1.10 bits per heavy atom.